The highest BCUT2D eigenvalue weighted by Crippen LogP contribution is 2.40. The van der Waals surface area contributed by atoms with Gasteiger partial charge in [-0.2, -0.15) is 13.2 Å². The maximum absolute atomic E-state index is 13.2. The van der Waals surface area contributed by atoms with E-state index in [0.29, 0.717) is 29.5 Å². The quantitative estimate of drug-likeness (QED) is 0.796. The van der Waals surface area contributed by atoms with Crippen molar-refractivity contribution in [3.05, 3.63) is 47.1 Å². The number of benzene rings is 1. The van der Waals surface area contributed by atoms with Crippen LogP contribution in [0.1, 0.15) is 12.0 Å². The Bertz CT molecular complexity index is 873. The molecule has 26 heavy (non-hydrogen) atoms. The molecule has 136 valence electrons. The van der Waals surface area contributed by atoms with Gasteiger partial charge in [-0.15, -0.1) is 0 Å². The van der Waals surface area contributed by atoms with Gasteiger partial charge < -0.3 is 10.2 Å². The first-order valence-electron chi connectivity index (χ1n) is 8.01. The molecule has 1 aromatic heterocycles. The molecule has 4 rings (SSSR count). The number of nitrogens with zero attached hydrogens (tertiary/aromatic N) is 3. The minimum Gasteiger partial charge on any atom is -0.366 e. The van der Waals surface area contributed by atoms with Crippen molar-refractivity contribution in [3.63, 3.8) is 0 Å². The van der Waals surface area contributed by atoms with E-state index in [2.05, 4.69) is 15.2 Å². The van der Waals surface area contributed by atoms with Crippen molar-refractivity contribution >= 4 is 34.8 Å². The summed E-state index contributed by atoms with van der Waals surface area (Å²) in [6.07, 6.45) is -2.42. The third-order valence-electron chi connectivity index (χ3n) is 4.60. The number of hydrogen-bond acceptors (Lipinski definition) is 3. The number of anilines is 3. The first kappa shape index (κ1) is 17.0. The minimum atomic E-state index is -4.56. The van der Waals surface area contributed by atoms with E-state index in [1.807, 2.05) is 0 Å². The van der Waals surface area contributed by atoms with Crippen LogP contribution in [0.25, 0.3) is 0 Å². The second-order valence-electron chi connectivity index (χ2n) is 6.23. The molecular weight excluding hydrogens is 369 g/mol. The Morgan fingerprint density at radius 1 is 1.31 bits per heavy atom. The highest BCUT2D eigenvalue weighted by atomic mass is 35.5. The van der Waals surface area contributed by atoms with Crippen LogP contribution in [-0.2, 0) is 6.18 Å². The fraction of sp³-hybridized carbons (Fsp3) is 0.294. The van der Waals surface area contributed by atoms with Crippen molar-refractivity contribution in [3.8, 4) is 0 Å². The molecule has 2 aliphatic rings. The summed E-state index contributed by atoms with van der Waals surface area (Å²) < 4.78 is 39.5. The Labute approximate surface area is 152 Å². The number of carbonyl (C=O) groups excluding carboxylic acids is 1. The number of rotatable bonds is 1. The summed E-state index contributed by atoms with van der Waals surface area (Å²) in [5.41, 5.74) is -0.450. The summed E-state index contributed by atoms with van der Waals surface area (Å²) in [7, 11) is 0. The summed E-state index contributed by atoms with van der Waals surface area (Å²) in [6.45, 7) is 1.34. The Hall–Kier alpha value is -2.48. The van der Waals surface area contributed by atoms with Crippen molar-refractivity contribution in [2.45, 2.75) is 18.6 Å². The Morgan fingerprint density at radius 2 is 2.08 bits per heavy atom. The number of aromatic nitrogens is 1. The lowest BCUT2D eigenvalue weighted by molar-refractivity contribution is -0.136. The first-order valence-corrected chi connectivity index (χ1v) is 8.39. The molecule has 1 atom stereocenters. The fourth-order valence-electron chi connectivity index (χ4n) is 3.46. The molecule has 5 nitrogen and oxygen atoms in total. The van der Waals surface area contributed by atoms with Gasteiger partial charge in [0, 0.05) is 19.3 Å². The van der Waals surface area contributed by atoms with E-state index in [-0.39, 0.29) is 11.7 Å². The number of amides is 2. The van der Waals surface area contributed by atoms with Crippen LogP contribution in [-0.4, -0.2) is 30.1 Å². The second-order valence-corrected chi connectivity index (χ2v) is 6.66. The smallest absolute Gasteiger partial charge is 0.366 e. The van der Waals surface area contributed by atoms with Gasteiger partial charge in [0.15, 0.2) is 5.82 Å². The van der Waals surface area contributed by atoms with Crippen molar-refractivity contribution in [1.82, 2.24) is 4.98 Å². The van der Waals surface area contributed by atoms with Crippen molar-refractivity contribution < 1.29 is 18.0 Å². The van der Waals surface area contributed by atoms with E-state index >= 15 is 0 Å². The topological polar surface area (TPSA) is 48.5 Å². The van der Waals surface area contributed by atoms with E-state index in [9.17, 15) is 18.0 Å². The Morgan fingerprint density at radius 3 is 2.85 bits per heavy atom. The molecule has 9 heteroatoms. The SMILES string of the molecule is O=C(Nc1ccccc1C(F)(F)F)N1c2ncc(Cl)cc2N2CC[C@H]1C2. The largest absolute Gasteiger partial charge is 0.418 e. The standard InChI is InChI=1S/C17H14ClF3N4O/c18-10-7-14-15(22-8-10)25(11-5-6-24(14)9-11)16(26)23-13-4-2-1-3-12(13)17(19,20)21/h1-4,7-8,11H,5-6,9H2,(H,23,26)/t11-/m0/s1. The zero-order chi connectivity index (χ0) is 18.5. The van der Waals surface area contributed by atoms with Gasteiger partial charge in [-0.25, -0.2) is 9.78 Å². The van der Waals surface area contributed by atoms with Gasteiger partial charge in [-0.05, 0) is 24.6 Å². The zero-order valence-corrected chi connectivity index (χ0v) is 14.2. The summed E-state index contributed by atoms with van der Waals surface area (Å²) >= 11 is 6.01. The first-order chi connectivity index (χ1) is 12.3. The molecule has 2 aromatic rings. The van der Waals surface area contributed by atoms with Crippen LogP contribution in [0.3, 0.4) is 0 Å². The average molecular weight is 383 g/mol. The van der Waals surface area contributed by atoms with Gasteiger partial charge in [0.05, 0.1) is 28.0 Å². The van der Waals surface area contributed by atoms with Crippen molar-refractivity contribution in [1.29, 1.82) is 0 Å². The number of halogens is 4. The molecule has 1 saturated heterocycles. The minimum absolute atomic E-state index is 0.144. The lowest BCUT2D eigenvalue weighted by atomic mass is 10.1. The molecule has 0 radical (unpaired) electrons. The van der Waals surface area contributed by atoms with Gasteiger partial charge in [0.2, 0.25) is 0 Å². The summed E-state index contributed by atoms with van der Waals surface area (Å²) in [4.78, 5) is 20.6. The van der Waals surface area contributed by atoms with Gasteiger partial charge in [0.25, 0.3) is 0 Å². The van der Waals surface area contributed by atoms with Gasteiger partial charge in [0.1, 0.15) is 0 Å². The summed E-state index contributed by atoms with van der Waals surface area (Å²) in [5.74, 6) is 0.408. The number of hydrogen-bond donors (Lipinski definition) is 1. The molecule has 2 aliphatic heterocycles. The number of carbonyl (C=O) groups is 1. The van der Waals surface area contributed by atoms with Gasteiger partial charge in [-0.1, -0.05) is 23.7 Å². The van der Waals surface area contributed by atoms with E-state index < -0.39 is 17.8 Å². The molecule has 0 unspecified atom stereocenters. The molecule has 3 heterocycles. The number of urea groups is 1. The van der Waals surface area contributed by atoms with Gasteiger partial charge >= 0.3 is 12.2 Å². The Kier molecular flexibility index (Phi) is 3.95. The summed E-state index contributed by atoms with van der Waals surface area (Å²) in [5, 5.41) is 2.84. The molecule has 0 spiro atoms. The normalized spacial score (nSPS) is 18.7. The van der Waals surface area contributed by atoms with Crippen molar-refractivity contribution in [2.24, 2.45) is 0 Å². The third-order valence-corrected chi connectivity index (χ3v) is 4.81. The number of fused-ring (bicyclic) bond motifs is 4. The molecule has 1 fully saturated rings. The molecule has 2 bridgehead atoms. The molecule has 0 saturated carbocycles. The van der Waals surface area contributed by atoms with Crippen LogP contribution in [0.4, 0.5) is 35.2 Å². The number of nitrogens with one attached hydrogen (secondary N) is 1. The van der Waals surface area contributed by atoms with Crippen LogP contribution in [0, 0.1) is 0 Å². The van der Waals surface area contributed by atoms with E-state index in [4.69, 9.17) is 11.6 Å². The molecule has 2 amide bonds. The maximum Gasteiger partial charge on any atom is 0.418 e. The highest BCUT2D eigenvalue weighted by Gasteiger charge is 2.41. The second kappa shape index (κ2) is 6.05. The van der Waals surface area contributed by atoms with Crippen molar-refractivity contribution in [2.75, 3.05) is 28.2 Å². The molecule has 1 aromatic carbocycles. The predicted molar refractivity (Wildman–Crippen MR) is 92.8 cm³/mol. The van der Waals surface area contributed by atoms with Crippen LogP contribution in [0.2, 0.25) is 5.02 Å². The third kappa shape index (κ3) is 2.84. The lowest BCUT2D eigenvalue weighted by Gasteiger charge is -2.35. The highest BCUT2D eigenvalue weighted by molar-refractivity contribution is 6.31. The van der Waals surface area contributed by atoms with E-state index in [0.717, 1.165) is 12.6 Å². The average Bonchev–Trinajstić information content (AvgIpc) is 3.00. The fourth-order valence-corrected chi connectivity index (χ4v) is 3.61. The number of alkyl halides is 3. The predicted octanol–water partition coefficient (Wildman–Crippen LogP) is 4.38. The summed E-state index contributed by atoms with van der Waals surface area (Å²) in [6, 6.07) is 5.85. The zero-order valence-electron chi connectivity index (χ0n) is 13.4. The van der Waals surface area contributed by atoms with E-state index in [1.165, 1.54) is 29.3 Å². The number of para-hydroxylation sites is 1. The van der Waals surface area contributed by atoms with Crippen LogP contribution in [0.5, 0.6) is 0 Å². The molecular formula is C17H14ClF3N4O. The van der Waals surface area contributed by atoms with E-state index in [1.54, 1.807) is 6.07 Å². The maximum atomic E-state index is 13.2. The monoisotopic (exact) mass is 382 g/mol. The van der Waals surface area contributed by atoms with Crippen LogP contribution < -0.4 is 15.1 Å². The van der Waals surface area contributed by atoms with Crippen LogP contribution in [0.15, 0.2) is 36.5 Å². The molecule has 1 N–H and O–H groups in total. The molecule has 0 aliphatic carbocycles. The lowest BCUT2D eigenvalue weighted by Crippen LogP contribution is -2.48. The van der Waals surface area contributed by atoms with Gasteiger partial charge in [-0.3, -0.25) is 4.90 Å². The number of pyridine rings is 1. The van der Waals surface area contributed by atoms with Crippen LogP contribution >= 0.6 is 11.6 Å². The Balaban J connectivity index is 1.68.